The van der Waals surface area contributed by atoms with Crippen molar-refractivity contribution in [3.8, 4) is 11.7 Å². The van der Waals surface area contributed by atoms with E-state index >= 15 is 0 Å². The molecule has 0 saturated carbocycles. The summed E-state index contributed by atoms with van der Waals surface area (Å²) < 4.78 is 66.4. The third-order valence-electron chi connectivity index (χ3n) is 8.38. The number of hydrogen-bond donors (Lipinski definition) is 0. The van der Waals surface area contributed by atoms with Crippen molar-refractivity contribution in [2.75, 3.05) is 108 Å². The molecule has 6 rings (SSSR count). The molecule has 15 nitrogen and oxygen atoms in total. The van der Waals surface area contributed by atoms with E-state index in [-0.39, 0.29) is 36.2 Å². The summed E-state index contributed by atoms with van der Waals surface area (Å²) in [5.74, 6) is 0.650. The first-order chi connectivity index (χ1) is 23.0. The predicted molar refractivity (Wildman–Crippen MR) is 181 cm³/mol. The summed E-state index contributed by atoms with van der Waals surface area (Å²) in [6.07, 6.45) is -1.73. The van der Waals surface area contributed by atoms with Crippen LogP contribution in [0.4, 0.5) is 20.7 Å². The Balaban J connectivity index is 1.17. The van der Waals surface area contributed by atoms with Gasteiger partial charge in [-0.1, -0.05) is 30.0 Å². The lowest BCUT2D eigenvalue weighted by molar-refractivity contribution is -0.129. The van der Waals surface area contributed by atoms with Crippen LogP contribution < -0.4 is 14.5 Å². The Labute approximate surface area is 286 Å². The van der Waals surface area contributed by atoms with Crippen LogP contribution in [0.1, 0.15) is 12.2 Å². The second-order valence-corrected chi connectivity index (χ2v) is 14.9. The second-order valence-electron chi connectivity index (χ2n) is 11.3. The van der Waals surface area contributed by atoms with Crippen molar-refractivity contribution in [3.63, 3.8) is 0 Å². The summed E-state index contributed by atoms with van der Waals surface area (Å²) in [6.45, 7) is 5.35. The molecule has 3 aliphatic rings. The van der Waals surface area contributed by atoms with Gasteiger partial charge in [0.25, 0.3) is 6.43 Å². The molecular formula is C28H36F2N10O5S3. The summed E-state index contributed by atoms with van der Waals surface area (Å²) >= 11 is 6.95. The number of piperazine rings is 2. The van der Waals surface area contributed by atoms with Crippen LogP contribution >= 0.6 is 24.0 Å². The third kappa shape index (κ3) is 7.41. The monoisotopic (exact) mass is 726 g/mol. The SMILES string of the molecule is COc1cccc2c1nc(C(F)F)n2-c1nc(N2CCOCC2)nc(N2CCN(C(=S)SCC(=O)N3CCN(S(C)(=O)=O)CC3)CC2)n1. The van der Waals surface area contributed by atoms with E-state index in [0.29, 0.717) is 93.1 Å². The number of rotatable bonds is 8. The van der Waals surface area contributed by atoms with Crippen LogP contribution in [-0.2, 0) is 19.6 Å². The highest BCUT2D eigenvalue weighted by atomic mass is 32.2. The number of para-hydroxylation sites is 1. The Kier molecular flexibility index (Phi) is 10.4. The number of fused-ring (bicyclic) bond motifs is 1. The minimum atomic E-state index is -3.28. The van der Waals surface area contributed by atoms with Gasteiger partial charge in [0.2, 0.25) is 33.8 Å². The molecule has 3 fully saturated rings. The number of alkyl halides is 2. The lowest BCUT2D eigenvalue weighted by Gasteiger charge is -2.36. The van der Waals surface area contributed by atoms with Crippen LogP contribution in [0, 0.1) is 0 Å². The van der Waals surface area contributed by atoms with E-state index in [9.17, 15) is 22.0 Å². The van der Waals surface area contributed by atoms with Crippen molar-refractivity contribution in [1.82, 2.24) is 38.6 Å². The van der Waals surface area contributed by atoms with Gasteiger partial charge < -0.3 is 29.1 Å². The molecular weight excluding hydrogens is 691 g/mol. The van der Waals surface area contributed by atoms with Crippen molar-refractivity contribution in [2.24, 2.45) is 0 Å². The number of thioether (sulfide) groups is 1. The van der Waals surface area contributed by atoms with Crippen LogP contribution in [0.2, 0.25) is 0 Å². The highest BCUT2D eigenvalue weighted by Crippen LogP contribution is 2.32. The minimum Gasteiger partial charge on any atom is -0.494 e. The van der Waals surface area contributed by atoms with Crippen molar-refractivity contribution in [2.45, 2.75) is 6.43 Å². The number of ether oxygens (including phenoxy) is 2. The number of halogens is 2. The summed E-state index contributed by atoms with van der Waals surface area (Å²) in [6, 6.07) is 5.03. The molecule has 2 aromatic heterocycles. The zero-order valence-electron chi connectivity index (χ0n) is 26.5. The van der Waals surface area contributed by atoms with Gasteiger partial charge in [-0.15, -0.1) is 0 Å². The summed E-state index contributed by atoms with van der Waals surface area (Å²) in [5.41, 5.74) is 0.660. The number of morpholine rings is 1. The fourth-order valence-electron chi connectivity index (χ4n) is 5.77. The van der Waals surface area contributed by atoms with Crippen LogP contribution in [0.25, 0.3) is 17.0 Å². The molecule has 48 heavy (non-hydrogen) atoms. The van der Waals surface area contributed by atoms with Crippen molar-refractivity contribution in [1.29, 1.82) is 0 Å². The number of aromatic nitrogens is 5. The van der Waals surface area contributed by atoms with E-state index < -0.39 is 22.3 Å². The number of methoxy groups -OCH3 is 1. The van der Waals surface area contributed by atoms with Gasteiger partial charge in [0.05, 0.1) is 37.8 Å². The lowest BCUT2D eigenvalue weighted by atomic mass is 10.3. The van der Waals surface area contributed by atoms with E-state index in [0.717, 1.165) is 0 Å². The van der Waals surface area contributed by atoms with Gasteiger partial charge in [0.15, 0.2) is 5.82 Å². The van der Waals surface area contributed by atoms with E-state index in [1.165, 1.54) is 34.0 Å². The highest BCUT2D eigenvalue weighted by Gasteiger charge is 2.30. The molecule has 0 spiro atoms. The largest absolute Gasteiger partial charge is 0.494 e. The van der Waals surface area contributed by atoms with Crippen LogP contribution in [0.15, 0.2) is 18.2 Å². The smallest absolute Gasteiger partial charge is 0.296 e. The van der Waals surface area contributed by atoms with Gasteiger partial charge in [-0.05, 0) is 12.1 Å². The molecule has 1 amide bonds. The van der Waals surface area contributed by atoms with Gasteiger partial charge in [0.1, 0.15) is 15.6 Å². The number of imidazole rings is 1. The molecule has 0 aliphatic carbocycles. The second kappa shape index (κ2) is 14.6. The molecule has 3 aliphatic heterocycles. The fourth-order valence-corrected chi connectivity index (χ4v) is 7.75. The Bertz CT molecular complexity index is 1760. The van der Waals surface area contributed by atoms with Crippen molar-refractivity contribution >= 4 is 67.2 Å². The molecule has 0 N–H and O–H groups in total. The quantitative estimate of drug-likeness (QED) is 0.307. The normalized spacial score (nSPS) is 18.2. The topological polar surface area (TPSA) is 142 Å². The van der Waals surface area contributed by atoms with Gasteiger partial charge in [-0.25, -0.2) is 22.2 Å². The number of hydrogen-bond acceptors (Lipinski definition) is 13. The Morgan fingerprint density at radius 2 is 1.52 bits per heavy atom. The average Bonchev–Trinajstić information content (AvgIpc) is 3.51. The van der Waals surface area contributed by atoms with Crippen LogP contribution in [-0.4, -0.2) is 155 Å². The maximum atomic E-state index is 14.4. The summed E-state index contributed by atoms with van der Waals surface area (Å²) in [5, 5.41) is 0. The number of carbonyl (C=O) groups is 1. The number of nitrogens with zero attached hydrogens (tertiary/aromatic N) is 10. The first kappa shape index (κ1) is 34.4. The first-order valence-electron chi connectivity index (χ1n) is 15.4. The summed E-state index contributed by atoms with van der Waals surface area (Å²) in [7, 11) is -1.82. The molecule has 20 heteroatoms. The Morgan fingerprint density at radius 1 is 0.917 bits per heavy atom. The van der Waals surface area contributed by atoms with E-state index in [4.69, 9.17) is 31.7 Å². The summed E-state index contributed by atoms with van der Waals surface area (Å²) in [4.78, 5) is 38.7. The number of anilines is 2. The van der Waals surface area contributed by atoms with Crippen molar-refractivity contribution in [3.05, 3.63) is 24.0 Å². The molecule has 0 radical (unpaired) electrons. The van der Waals surface area contributed by atoms with Gasteiger partial charge in [-0.3, -0.25) is 9.36 Å². The Morgan fingerprint density at radius 3 is 2.12 bits per heavy atom. The first-order valence-corrected chi connectivity index (χ1v) is 18.6. The molecule has 0 unspecified atom stereocenters. The van der Waals surface area contributed by atoms with Gasteiger partial charge >= 0.3 is 0 Å². The molecule has 0 atom stereocenters. The van der Waals surface area contributed by atoms with Crippen molar-refractivity contribution < 1.29 is 31.5 Å². The lowest BCUT2D eigenvalue weighted by Crippen LogP contribution is -2.51. The van der Waals surface area contributed by atoms with Crippen LogP contribution in [0.5, 0.6) is 5.75 Å². The number of benzene rings is 1. The van der Waals surface area contributed by atoms with Gasteiger partial charge in [0, 0.05) is 65.4 Å². The number of thiocarbonyl (C=S) groups is 1. The number of amides is 1. The predicted octanol–water partition coefficient (Wildman–Crippen LogP) is 1.24. The average molecular weight is 727 g/mol. The van der Waals surface area contributed by atoms with E-state index in [1.807, 2.05) is 14.7 Å². The van der Waals surface area contributed by atoms with E-state index in [2.05, 4.69) is 9.97 Å². The zero-order chi connectivity index (χ0) is 34.0. The maximum absolute atomic E-state index is 14.4. The zero-order valence-corrected chi connectivity index (χ0v) is 28.9. The van der Waals surface area contributed by atoms with Crippen LogP contribution in [0.3, 0.4) is 0 Å². The number of sulfonamides is 1. The van der Waals surface area contributed by atoms with Gasteiger partial charge in [-0.2, -0.15) is 19.3 Å². The standard InChI is InChI=1S/C28H36F2N10O5S3/c1-44-20-5-3-4-19-22(20)31-24(23(29)30)40(19)27-33-25(32-26(34-27)37-14-16-45-17-15-37)36-6-8-38(9-7-36)28(46)47-18-21(41)35-10-12-39(13-11-35)48(2,42)43/h3-5,23H,6-18H2,1-2H3. The Hall–Kier alpha value is -3.46. The molecule has 3 saturated heterocycles. The molecule has 260 valence electrons. The minimum absolute atomic E-state index is 0.0249. The molecule has 5 heterocycles. The fraction of sp³-hybridized carbons (Fsp3) is 0.571. The third-order valence-corrected chi connectivity index (χ3v) is 11.2. The highest BCUT2D eigenvalue weighted by molar-refractivity contribution is 8.23. The maximum Gasteiger partial charge on any atom is 0.296 e. The number of carbonyl (C=O) groups excluding carboxylic acids is 1. The molecule has 0 bridgehead atoms. The molecule has 3 aromatic rings. The molecule has 1 aromatic carbocycles. The van der Waals surface area contributed by atoms with E-state index in [1.54, 1.807) is 23.1 Å².